The fourth-order valence-electron chi connectivity index (χ4n) is 2.78. The van der Waals surface area contributed by atoms with Crippen LogP contribution in [0.5, 0.6) is 0 Å². The van der Waals surface area contributed by atoms with E-state index in [0.717, 1.165) is 0 Å². The van der Waals surface area contributed by atoms with Crippen molar-refractivity contribution in [3.8, 4) is 0 Å². The lowest BCUT2D eigenvalue weighted by atomic mass is 10.1. The van der Waals surface area contributed by atoms with E-state index in [9.17, 15) is 18.4 Å². The lowest BCUT2D eigenvalue weighted by Crippen LogP contribution is -2.35. The first-order valence-corrected chi connectivity index (χ1v) is 7.95. The quantitative estimate of drug-likeness (QED) is 0.840. The average molecular weight is 354 g/mol. The molecule has 25 heavy (non-hydrogen) atoms. The highest BCUT2D eigenvalue weighted by molar-refractivity contribution is 5.96. The molecule has 2 aromatic rings. The predicted octanol–water partition coefficient (Wildman–Crippen LogP) is 1.09. The summed E-state index contributed by atoms with van der Waals surface area (Å²) in [5.74, 6) is -3.87. The Bertz CT molecular complexity index is 844. The van der Waals surface area contributed by atoms with Crippen LogP contribution in [0.1, 0.15) is 6.42 Å². The van der Waals surface area contributed by atoms with Crippen molar-refractivity contribution in [1.82, 2.24) is 14.8 Å². The molecule has 2 heterocycles. The van der Waals surface area contributed by atoms with E-state index in [1.54, 1.807) is 18.2 Å². The fraction of sp³-hybridized carbons (Fsp3) is 0.500. The molecule has 0 saturated carbocycles. The summed E-state index contributed by atoms with van der Waals surface area (Å²) in [5.41, 5.74) is 1.38. The molecule has 1 atom stereocenters. The van der Waals surface area contributed by atoms with Crippen LogP contribution in [-0.2, 0) is 11.3 Å². The van der Waals surface area contributed by atoms with E-state index in [-0.39, 0.29) is 0 Å². The minimum Gasteiger partial charge on any atom is -0.408 e. The lowest BCUT2D eigenvalue weighted by Gasteiger charge is -2.12. The second-order valence-corrected chi connectivity index (χ2v) is 6.49. The maximum Gasteiger partial charge on any atom is 0.419 e. The standard InChI is InChI=1S/C16H20F2N4O3/c1-21(2)5-6-22-12-7-10(3-4-13(12)25-15(22)24)20-14(23)11-8-16(17,18)9-19-11/h3-4,7,11,19H,5-6,8-9H2,1-2H3,(H,20,23). The molecule has 3 rings (SSSR count). The Labute approximate surface area is 142 Å². The molecule has 1 unspecified atom stereocenters. The molecule has 9 heteroatoms. The predicted molar refractivity (Wildman–Crippen MR) is 89.0 cm³/mol. The number of nitrogens with one attached hydrogen (secondary N) is 2. The van der Waals surface area contributed by atoms with E-state index >= 15 is 0 Å². The van der Waals surface area contributed by atoms with Crippen LogP contribution in [0.3, 0.4) is 0 Å². The number of carbonyl (C=O) groups excluding carboxylic acids is 1. The Morgan fingerprint density at radius 3 is 2.88 bits per heavy atom. The molecule has 7 nitrogen and oxygen atoms in total. The van der Waals surface area contributed by atoms with Crippen molar-refractivity contribution in [2.75, 3.05) is 32.5 Å². The normalized spacial score (nSPS) is 19.6. The summed E-state index contributed by atoms with van der Waals surface area (Å²) >= 11 is 0. The van der Waals surface area contributed by atoms with Gasteiger partial charge in [-0.1, -0.05) is 0 Å². The number of benzene rings is 1. The van der Waals surface area contributed by atoms with Crippen molar-refractivity contribution >= 4 is 22.7 Å². The molecule has 0 radical (unpaired) electrons. The van der Waals surface area contributed by atoms with Crippen LogP contribution in [-0.4, -0.2) is 54.5 Å². The Kier molecular flexibility index (Phi) is 4.61. The summed E-state index contributed by atoms with van der Waals surface area (Å²) < 4.78 is 33.1. The summed E-state index contributed by atoms with van der Waals surface area (Å²) in [6.45, 7) is 0.578. The van der Waals surface area contributed by atoms with Gasteiger partial charge in [0.05, 0.1) is 18.1 Å². The van der Waals surface area contributed by atoms with Gasteiger partial charge in [0.1, 0.15) is 0 Å². The van der Waals surface area contributed by atoms with Gasteiger partial charge in [-0.15, -0.1) is 0 Å². The molecule has 1 saturated heterocycles. The molecule has 136 valence electrons. The van der Waals surface area contributed by atoms with Gasteiger partial charge < -0.3 is 14.6 Å². The topological polar surface area (TPSA) is 79.5 Å². The first-order valence-electron chi connectivity index (χ1n) is 7.95. The van der Waals surface area contributed by atoms with E-state index in [4.69, 9.17) is 4.42 Å². The summed E-state index contributed by atoms with van der Waals surface area (Å²) in [6.07, 6.45) is -0.527. The largest absolute Gasteiger partial charge is 0.419 e. The number of likely N-dealkylation sites (N-methyl/N-ethyl adjacent to an activating group) is 1. The van der Waals surface area contributed by atoms with E-state index in [1.807, 2.05) is 19.0 Å². The monoisotopic (exact) mass is 354 g/mol. The van der Waals surface area contributed by atoms with Gasteiger partial charge >= 0.3 is 5.76 Å². The van der Waals surface area contributed by atoms with Crippen molar-refractivity contribution in [1.29, 1.82) is 0 Å². The van der Waals surface area contributed by atoms with Gasteiger partial charge in [-0.25, -0.2) is 13.6 Å². The molecule has 1 aliphatic heterocycles. The molecule has 1 fully saturated rings. The van der Waals surface area contributed by atoms with E-state index in [0.29, 0.717) is 29.9 Å². The maximum atomic E-state index is 13.2. The zero-order valence-corrected chi connectivity index (χ0v) is 14.0. The summed E-state index contributed by atoms with van der Waals surface area (Å²) in [4.78, 5) is 26.0. The smallest absolute Gasteiger partial charge is 0.408 e. The van der Waals surface area contributed by atoms with E-state index in [1.165, 1.54) is 4.57 Å². The van der Waals surface area contributed by atoms with Crippen molar-refractivity contribution < 1.29 is 18.0 Å². The number of hydrogen-bond donors (Lipinski definition) is 2. The Balaban J connectivity index is 1.79. The second kappa shape index (κ2) is 6.57. The number of rotatable bonds is 5. The number of oxazole rings is 1. The number of anilines is 1. The third kappa shape index (κ3) is 3.88. The minimum atomic E-state index is -2.87. The number of aromatic nitrogens is 1. The average Bonchev–Trinajstić information content (AvgIpc) is 3.04. The number of nitrogens with zero attached hydrogens (tertiary/aromatic N) is 2. The zero-order chi connectivity index (χ0) is 18.2. The van der Waals surface area contributed by atoms with Gasteiger partial charge in [-0.05, 0) is 32.3 Å². The first-order chi connectivity index (χ1) is 11.7. The Hall–Kier alpha value is -2.26. The molecular formula is C16H20F2N4O3. The zero-order valence-electron chi connectivity index (χ0n) is 14.0. The van der Waals surface area contributed by atoms with Crippen LogP contribution in [0, 0.1) is 0 Å². The van der Waals surface area contributed by atoms with Crippen LogP contribution in [0.4, 0.5) is 14.5 Å². The van der Waals surface area contributed by atoms with Crippen molar-refractivity contribution in [2.24, 2.45) is 0 Å². The summed E-state index contributed by atoms with van der Waals surface area (Å²) in [6, 6.07) is 3.83. The molecule has 1 aromatic carbocycles. The highest BCUT2D eigenvalue weighted by atomic mass is 19.3. The van der Waals surface area contributed by atoms with Gasteiger partial charge in [-0.2, -0.15) is 0 Å². The molecule has 1 amide bonds. The van der Waals surface area contributed by atoms with Crippen LogP contribution < -0.4 is 16.4 Å². The van der Waals surface area contributed by atoms with Gasteiger partial charge in [0.15, 0.2) is 5.58 Å². The molecule has 2 N–H and O–H groups in total. The van der Waals surface area contributed by atoms with Crippen molar-refractivity contribution in [2.45, 2.75) is 24.9 Å². The Morgan fingerprint density at radius 2 is 2.24 bits per heavy atom. The number of hydrogen-bond acceptors (Lipinski definition) is 5. The van der Waals surface area contributed by atoms with Gasteiger partial charge in [0, 0.05) is 25.2 Å². The molecule has 0 aliphatic carbocycles. The number of amides is 1. The number of carbonyl (C=O) groups is 1. The SMILES string of the molecule is CN(C)CCn1c(=O)oc2ccc(NC(=O)C3CC(F)(F)CN3)cc21. The highest BCUT2D eigenvalue weighted by Gasteiger charge is 2.42. The van der Waals surface area contributed by atoms with Crippen LogP contribution in [0.25, 0.3) is 11.1 Å². The Morgan fingerprint density at radius 1 is 1.48 bits per heavy atom. The molecule has 0 bridgehead atoms. The summed E-state index contributed by atoms with van der Waals surface area (Å²) in [7, 11) is 3.78. The van der Waals surface area contributed by atoms with Crippen LogP contribution in [0.15, 0.2) is 27.4 Å². The first kappa shape index (κ1) is 17.6. The summed E-state index contributed by atoms with van der Waals surface area (Å²) in [5, 5.41) is 5.12. The minimum absolute atomic E-state index is 0.410. The number of fused-ring (bicyclic) bond motifs is 1. The fourth-order valence-corrected chi connectivity index (χ4v) is 2.78. The number of alkyl halides is 2. The molecule has 1 aromatic heterocycles. The van der Waals surface area contributed by atoms with Crippen molar-refractivity contribution in [3.63, 3.8) is 0 Å². The van der Waals surface area contributed by atoms with E-state index in [2.05, 4.69) is 10.6 Å². The highest BCUT2D eigenvalue weighted by Crippen LogP contribution is 2.26. The molecule has 1 aliphatic rings. The van der Waals surface area contributed by atoms with Gasteiger partial charge in [0.25, 0.3) is 5.92 Å². The second-order valence-electron chi connectivity index (χ2n) is 6.49. The number of halogens is 2. The van der Waals surface area contributed by atoms with Crippen molar-refractivity contribution in [3.05, 3.63) is 28.7 Å². The third-order valence-electron chi connectivity index (χ3n) is 4.13. The van der Waals surface area contributed by atoms with Crippen LogP contribution >= 0.6 is 0 Å². The van der Waals surface area contributed by atoms with E-state index < -0.39 is 36.6 Å². The lowest BCUT2D eigenvalue weighted by molar-refractivity contribution is -0.118. The maximum absolute atomic E-state index is 13.2. The molecule has 0 spiro atoms. The third-order valence-corrected chi connectivity index (χ3v) is 4.13. The van der Waals surface area contributed by atoms with Gasteiger partial charge in [0.2, 0.25) is 5.91 Å². The molecular weight excluding hydrogens is 334 g/mol. The van der Waals surface area contributed by atoms with Crippen LogP contribution in [0.2, 0.25) is 0 Å². The van der Waals surface area contributed by atoms with Gasteiger partial charge in [-0.3, -0.25) is 14.7 Å².